The molecule has 1 aliphatic heterocycles. The standard InChI is InChI=1S/C19H25N5O3/c1-26-16-4-3-15(13-17(16)27-2)5-7-20-18-6-8-21-19(22-18)24-11-9-23(14-25)10-12-24/h3-4,6,8,13-14H,5,7,9-12H2,1-2H3,(H,20,21,22). The van der Waals surface area contributed by atoms with E-state index in [-0.39, 0.29) is 0 Å². The van der Waals surface area contributed by atoms with Gasteiger partial charge in [0, 0.05) is 38.9 Å². The molecule has 1 saturated heterocycles. The number of ether oxygens (including phenoxy) is 2. The molecule has 0 atom stereocenters. The van der Waals surface area contributed by atoms with Crippen LogP contribution < -0.4 is 19.7 Å². The summed E-state index contributed by atoms with van der Waals surface area (Å²) in [6.07, 6.45) is 3.48. The highest BCUT2D eigenvalue weighted by molar-refractivity contribution is 5.49. The number of carbonyl (C=O) groups is 1. The van der Waals surface area contributed by atoms with Crippen LogP contribution >= 0.6 is 0 Å². The Balaban J connectivity index is 1.55. The van der Waals surface area contributed by atoms with E-state index < -0.39 is 0 Å². The van der Waals surface area contributed by atoms with Gasteiger partial charge in [0.2, 0.25) is 12.4 Å². The second-order valence-electron chi connectivity index (χ2n) is 6.24. The van der Waals surface area contributed by atoms with Gasteiger partial charge in [0.25, 0.3) is 0 Å². The highest BCUT2D eigenvalue weighted by Crippen LogP contribution is 2.27. The number of carbonyl (C=O) groups excluding carboxylic acids is 1. The van der Waals surface area contributed by atoms with E-state index in [1.165, 1.54) is 0 Å². The Bertz CT molecular complexity index is 763. The Hall–Kier alpha value is -3.03. The van der Waals surface area contributed by atoms with Gasteiger partial charge in [-0.15, -0.1) is 0 Å². The lowest BCUT2D eigenvalue weighted by Gasteiger charge is -2.32. The van der Waals surface area contributed by atoms with Crippen LogP contribution in [0.15, 0.2) is 30.5 Å². The highest BCUT2D eigenvalue weighted by Gasteiger charge is 2.17. The van der Waals surface area contributed by atoms with Gasteiger partial charge < -0.3 is 24.6 Å². The molecule has 1 aromatic carbocycles. The average Bonchev–Trinajstić information content (AvgIpc) is 2.74. The third-order valence-electron chi connectivity index (χ3n) is 4.56. The third-order valence-corrected chi connectivity index (χ3v) is 4.56. The van der Waals surface area contributed by atoms with Crippen LogP contribution in [0.2, 0.25) is 0 Å². The maximum Gasteiger partial charge on any atom is 0.227 e. The number of methoxy groups -OCH3 is 2. The van der Waals surface area contributed by atoms with E-state index in [9.17, 15) is 4.79 Å². The van der Waals surface area contributed by atoms with Crippen molar-refractivity contribution in [3.8, 4) is 11.5 Å². The normalized spacial score (nSPS) is 14.0. The lowest BCUT2D eigenvalue weighted by atomic mass is 10.1. The predicted octanol–water partition coefficient (Wildman–Crippen LogP) is 1.43. The van der Waals surface area contributed by atoms with Gasteiger partial charge in [-0.05, 0) is 30.2 Å². The smallest absolute Gasteiger partial charge is 0.227 e. The van der Waals surface area contributed by atoms with E-state index in [0.717, 1.165) is 55.3 Å². The van der Waals surface area contributed by atoms with Crippen molar-refractivity contribution in [2.45, 2.75) is 6.42 Å². The van der Waals surface area contributed by atoms with Gasteiger partial charge in [-0.2, -0.15) is 4.98 Å². The summed E-state index contributed by atoms with van der Waals surface area (Å²) in [4.78, 5) is 23.6. The minimum Gasteiger partial charge on any atom is -0.493 e. The summed E-state index contributed by atoms with van der Waals surface area (Å²) in [5, 5.41) is 3.34. The van der Waals surface area contributed by atoms with E-state index in [2.05, 4.69) is 20.2 Å². The molecule has 1 aromatic heterocycles. The van der Waals surface area contributed by atoms with Gasteiger partial charge in [-0.1, -0.05) is 6.07 Å². The van der Waals surface area contributed by atoms with Crippen molar-refractivity contribution in [2.75, 3.05) is 57.2 Å². The molecule has 2 heterocycles. The van der Waals surface area contributed by atoms with E-state index in [1.807, 2.05) is 24.3 Å². The predicted molar refractivity (Wildman–Crippen MR) is 104 cm³/mol. The fourth-order valence-corrected chi connectivity index (χ4v) is 3.00. The minimum atomic E-state index is 0.691. The minimum absolute atomic E-state index is 0.691. The van der Waals surface area contributed by atoms with Crippen LogP contribution in [0.1, 0.15) is 5.56 Å². The maximum absolute atomic E-state index is 10.8. The number of nitrogens with zero attached hydrogens (tertiary/aromatic N) is 4. The fourth-order valence-electron chi connectivity index (χ4n) is 3.00. The summed E-state index contributed by atoms with van der Waals surface area (Å²) >= 11 is 0. The van der Waals surface area contributed by atoms with Crippen molar-refractivity contribution in [2.24, 2.45) is 0 Å². The van der Waals surface area contributed by atoms with E-state index >= 15 is 0 Å². The lowest BCUT2D eigenvalue weighted by Crippen LogP contribution is -2.46. The Morgan fingerprint density at radius 1 is 1.11 bits per heavy atom. The van der Waals surface area contributed by atoms with E-state index in [0.29, 0.717) is 19.0 Å². The second kappa shape index (κ2) is 9.07. The summed E-state index contributed by atoms with van der Waals surface area (Å²) < 4.78 is 10.6. The molecule has 0 aliphatic carbocycles. The molecule has 0 radical (unpaired) electrons. The highest BCUT2D eigenvalue weighted by atomic mass is 16.5. The summed E-state index contributed by atoms with van der Waals surface area (Å²) in [5.41, 5.74) is 1.15. The Labute approximate surface area is 159 Å². The number of amides is 1. The first-order chi connectivity index (χ1) is 13.2. The maximum atomic E-state index is 10.8. The van der Waals surface area contributed by atoms with Crippen molar-refractivity contribution in [1.29, 1.82) is 0 Å². The molecule has 1 aliphatic rings. The zero-order chi connectivity index (χ0) is 19.1. The van der Waals surface area contributed by atoms with Crippen molar-refractivity contribution < 1.29 is 14.3 Å². The van der Waals surface area contributed by atoms with Crippen LogP contribution in [0, 0.1) is 0 Å². The average molecular weight is 371 g/mol. The van der Waals surface area contributed by atoms with Crippen molar-refractivity contribution in [3.63, 3.8) is 0 Å². The number of benzene rings is 1. The number of hydrogen-bond acceptors (Lipinski definition) is 7. The van der Waals surface area contributed by atoms with Crippen LogP contribution in [0.5, 0.6) is 11.5 Å². The largest absolute Gasteiger partial charge is 0.493 e. The van der Waals surface area contributed by atoms with Crippen molar-refractivity contribution >= 4 is 18.2 Å². The Morgan fingerprint density at radius 2 is 1.89 bits per heavy atom. The summed E-state index contributed by atoms with van der Waals surface area (Å²) in [7, 11) is 3.27. The molecule has 8 nitrogen and oxygen atoms in total. The molecule has 27 heavy (non-hydrogen) atoms. The molecule has 144 valence electrons. The van der Waals surface area contributed by atoms with Crippen LogP contribution in [0.4, 0.5) is 11.8 Å². The molecule has 0 bridgehead atoms. The first kappa shape index (κ1) is 18.8. The number of rotatable bonds is 8. The molecule has 1 fully saturated rings. The molecule has 8 heteroatoms. The zero-order valence-corrected chi connectivity index (χ0v) is 15.7. The van der Waals surface area contributed by atoms with Crippen molar-refractivity contribution in [3.05, 3.63) is 36.0 Å². The SMILES string of the molecule is COc1ccc(CCNc2ccnc(N3CCN(C=O)CC3)n2)cc1OC. The summed E-state index contributed by atoms with van der Waals surface area (Å²) in [6.45, 7) is 3.63. The van der Waals surface area contributed by atoms with Gasteiger partial charge in [0.15, 0.2) is 11.5 Å². The molecule has 3 rings (SSSR count). The Kier molecular flexibility index (Phi) is 6.30. The fraction of sp³-hybridized carbons (Fsp3) is 0.421. The molecule has 0 unspecified atom stereocenters. The topological polar surface area (TPSA) is 79.8 Å². The first-order valence-corrected chi connectivity index (χ1v) is 8.95. The molecule has 0 saturated carbocycles. The first-order valence-electron chi connectivity index (χ1n) is 8.95. The van der Waals surface area contributed by atoms with Crippen LogP contribution in [0.3, 0.4) is 0 Å². The molecular weight excluding hydrogens is 346 g/mol. The number of anilines is 2. The second-order valence-corrected chi connectivity index (χ2v) is 6.24. The molecular formula is C19H25N5O3. The Morgan fingerprint density at radius 3 is 2.59 bits per heavy atom. The van der Waals surface area contributed by atoms with Gasteiger partial charge >= 0.3 is 0 Å². The monoisotopic (exact) mass is 371 g/mol. The number of hydrogen-bond donors (Lipinski definition) is 1. The van der Waals surface area contributed by atoms with Crippen molar-refractivity contribution in [1.82, 2.24) is 14.9 Å². The van der Waals surface area contributed by atoms with Gasteiger partial charge in [0.05, 0.1) is 14.2 Å². The van der Waals surface area contributed by atoms with Gasteiger partial charge in [-0.3, -0.25) is 4.79 Å². The number of nitrogens with one attached hydrogen (secondary N) is 1. The summed E-state index contributed by atoms with van der Waals surface area (Å²) in [6, 6.07) is 7.79. The lowest BCUT2D eigenvalue weighted by molar-refractivity contribution is -0.118. The van der Waals surface area contributed by atoms with Crippen LogP contribution in [-0.2, 0) is 11.2 Å². The van der Waals surface area contributed by atoms with Gasteiger partial charge in [0.1, 0.15) is 5.82 Å². The molecule has 2 aromatic rings. The zero-order valence-electron chi connectivity index (χ0n) is 15.7. The van der Waals surface area contributed by atoms with E-state index in [1.54, 1.807) is 25.3 Å². The third kappa shape index (κ3) is 4.78. The van der Waals surface area contributed by atoms with Crippen LogP contribution in [0.25, 0.3) is 0 Å². The van der Waals surface area contributed by atoms with Gasteiger partial charge in [-0.25, -0.2) is 4.98 Å². The number of piperazine rings is 1. The quantitative estimate of drug-likeness (QED) is 0.703. The van der Waals surface area contributed by atoms with E-state index in [4.69, 9.17) is 9.47 Å². The van der Waals surface area contributed by atoms with Crippen LogP contribution in [-0.4, -0.2) is 68.2 Å². The molecule has 1 N–H and O–H groups in total. The molecule has 0 spiro atoms. The number of aromatic nitrogens is 2. The molecule has 1 amide bonds. The summed E-state index contributed by atoms with van der Waals surface area (Å²) in [5.74, 6) is 2.94.